The van der Waals surface area contributed by atoms with E-state index < -0.39 is 0 Å². The fourth-order valence-electron chi connectivity index (χ4n) is 2.10. The highest BCUT2D eigenvalue weighted by atomic mass is 35.5. The van der Waals surface area contributed by atoms with E-state index in [0.29, 0.717) is 10.0 Å². The molecule has 0 saturated heterocycles. The summed E-state index contributed by atoms with van der Waals surface area (Å²) in [5, 5.41) is 4.47. The van der Waals surface area contributed by atoms with E-state index in [1.807, 2.05) is 24.3 Å². The first-order valence-corrected chi connectivity index (χ1v) is 7.32. The Hall–Kier alpha value is -1.25. The third-order valence-electron chi connectivity index (χ3n) is 3.11. The third kappa shape index (κ3) is 3.87. The Labute approximate surface area is 128 Å². The molecule has 2 aromatic rings. The Morgan fingerprint density at radius 1 is 1.10 bits per heavy atom. The first-order chi connectivity index (χ1) is 9.60. The molecule has 0 fully saturated rings. The van der Waals surface area contributed by atoms with Gasteiger partial charge in [-0.3, -0.25) is 0 Å². The zero-order chi connectivity index (χ0) is 14.5. The van der Waals surface area contributed by atoms with Crippen molar-refractivity contribution in [3.63, 3.8) is 0 Å². The smallest absolute Gasteiger partial charge is 0.124 e. The van der Waals surface area contributed by atoms with Crippen molar-refractivity contribution in [2.75, 3.05) is 5.32 Å². The average molecular weight is 312 g/mol. The molecule has 106 valence electrons. The molecule has 0 amide bonds. The predicted octanol–water partition coefficient (Wildman–Crippen LogP) is 6.09. The quantitative estimate of drug-likeness (QED) is 0.705. The standard InChI is InChI=1S/C16H16Cl2FN/c1-2-3-15(11-4-6-12(17)7-5-11)20-16-9-8-13(19)10-14(16)18/h4-10,15,20H,2-3H2,1H3. The highest BCUT2D eigenvalue weighted by Gasteiger charge is 2.12. The molecule has 20 heavy (non-hydrogen) atoms. The third-order valence-corrected chi connectivity index (χ3v) is 3.68. The molecule has 1 unspecified atom stereocenters. The minimum absolute atomic E-state index is 0.125. The van der Waals surface area contributed by atoms with E-state index in [-0.39, 0.29) is 11.9 Å². The molecule has 1 N–H and O–H groups in total. The summed E-state index contributed by atoms with van der Waals surface area (Å²) < 4.78 is 13.1. The van der Waals surface area contributed by atoms with E-state index in [2.05, 4.69) is 12.2 Å². The first-order valence-electron chi connectivity index (χ1n) is 6.57. The molecule has 0 aromatic heterocycles. The van der Waals surface area contributed by atoms with Crippen LogP contribution in [-0.2, 0) is 0 Å². The maximum Gasteiger partial charge on any atom is 0.124 e. The summed E-state index contributed by atoms with van der Waals surface area (Å²) in [7, 11) is 0. The van der Waals surface area contributed by atoms with Crippen LogP contribution < -0.4 is 5.32 Å². The van der Waals surface area contributed by atoms with Crippen molar-refractivity contribution < 1.29 is 4.39 Å². The molecular formula is C16H16Cl2FN. The van der Waals surface area contributed by atoms with Crippen LogP contribution in [0.25, 0.3) is 0 Å². The zero-order valence-electron chi connectivity index (χ0n) is 11.2. The second kappa shape index (κ2) is 6.96. The van der Waals surface area contributed by atoms with Crippen LogP contribution in [-0.4, -0.2) is 0 Å². The van der Waals surface area contributed by atoms with Crippen molar-refractivity contribution in [1.29, 1.82) is 0 Å². The van der Waals surface area contributed by atoms with Gasteiger partial charge in [-0.2, -0.15) is 0 Å². The summed E-state index contributed by atoms with van der Waals surface area (Å²) in [6.07, 6.45) is 1.98. The maximum absolute atomic E-state index is 13.1. The van der Waals surface area contributed by atoms with Crippen molar-refractivity contribution in [1.82, 2.24) is 0 Å². The van der Waals surface area contributed by atoms with Crippen LogP contribution in [0, 0.1) is 5.82 Å². The van der Waals surface area contributed by atoms with E-state index in [1.54, 1.807) is 6.07 Å². The van der Waals surface area contributed by atoms with Gasteiger partial charge in [0.25, 0.3) is 0 Å². The van der Waals surface area contributed by atoms with Gasteiger partial charge < -0.3 is 5.32 Å². The summed E-state index contributed by atoms with van der Waals surface area (Å²) in [5.41, 5.74) is 1.87. The Balaban J connectivity index is 2.22. The maximum atomic E-state index is 13.1. The number of halogens is 3. The predicted molar refractivity (Wildman–Crippen MR) is 84.1 cm³/mol. The lowest BCUT2D eigenvalue weighted by molar-refractivity contribution is 0.627. The van der Waals surface area contributed by atoms with Crippen molar-refractivity contribution in [3.8, 4) is 0 Å². The highest BCUT2D eigenvalue weighted by molar-refractivity contribution is 6.33. The van der Waals surface area contributed by atoms with Crippen molar-refractivity contribution in [2.45, 2.75) is 25.8 Å². The molecule has 0 bridgehead atoms. The SMILES string of the molecule is CCCC(Nc1ccc(F)cc1Cl)c1ccc(Cl)cc1. The van der Waals surface area contributed by atoms with E-state index in [9.17, 15) is 4.39 Å². The molecule has 4 heteroatoms. The van der Waals surface area contributed by atoms with Crippen molar-refractivity contribution in [2.24, 2.45) is 0 Å². The minimum Gasteiger partial charge on any atom is -0.377 e. The Kier molecular flexibility index (Phi) is 5.27. The van der Waals surface area contributed by atoms with E-state index in [1.165, 1.54) is 12.1 Å². The Morgan fingerprint density at radius 3 is 2.40 bits per heavy atom. The molecule has 0 heterocycles. The van der Waals surface area contributed by atoms with Crippen LogP contribution in [0.2, 0.25) is 10.0 Å². The number of benzene rings is 2. The van der Waals surface area contributed by atoms with Crippen LogP contribution in [0.3, 0.4) is 0 Å². The lowest BCUT2D eigenvalue weighted by Crippen LogP contribution is -2.10. The van der Waals surface area contributed by atoms with Gasteiger partial charge in [-0.15, -0.1) is 0 Å². The summed E-state index contributed by atoms with van der Waals surface area (Å²) >= 11 is 12.0. The van der Waals surface area contributed by atoms with Crippen molar-refractivity contribution in [3.05, 3.63) is 63.9 Å². The summed E-state index contributed by atoms with van der Waals surface area (Å²) in [5.74, 6) is -0.334. The second-order valence-electron chi connectivity index (χ2n) is 4.66. The normalized spacial score (nSPS) is 12.2. The molecule has 1 atom stereocenters. The topological polar surface area (TPSA) is 12.0 Å². The molecule has 0 aliphatic rings. The van der Waals surface area contributed by atoms with Crippen LogP contribution in [0.5, 0.6) is 0 Å². The average Bonchev–Trinajstić information content (AvgIpc) is 2.42. The Morgan fingerprint density at radius 2 is 1.80 bits per heavy atom. The zero-order valence-corrected chi connectivity index (χ0v) is 12.7. The van der Waals surface area contributed by atoms with Gasteiger partial charge in [-0.05, 0) is 42.3 Å². The van der Waals surface area contributed by atoms with Gasteiger partial charge in [0.2, 0.25) is 0 Å². The second-order valence-corrected chi connectivity index (χ2v) is 5.50. The van der Waals surface area contributed by atoms with Gasteiger partial charge in [0, 0.05) is 5.02 Å². The largest absolute Gasteiger partial charge is 0.377 e. The molecule has 0 aliphatic heterocycles. The summed E-state index contributed by atoms with van der Waals surface area (Å²) in [4.78, 5) is 0. The number of nitrogens with one attached hydrogen (secondary N) is 1. The molecule has 0 saturated carbocycles. The van der Waals surface area contributed by atoms with Crippen LogP contribution >= 0.6 is 23.2 Å². The van der Waals surface area contributed by atoms with Gasteiger partial charge in [-0.1, -0.05) is 48.7 Å². The molecule has 2 rings (SSSR count). The Bertz CT molecular complexity index is 569. The van der Waals surface area contributed by atoms with E-state index in [4.69, 9.17) is 23.2 Å². The first kappa shape index (κ1) is 15.1. The minimum atomic E-state index is -0.334. The molecule has 0 radical (unpaired) electrons. The van der Waals surface area contributed by atoms with E-state index >= 15 is 0 Å². The summed E-state index contributed by atoms with van der Waals surface area (Å²) in [6.45, 7) is 2.12. The molecule has 0 spiro atoms. The van der Waals surface area contributed by atoms with Crippen LogP contribution in [0.4, 0.5) is 10.1 Å². The fourth-order valence-corrected chi connectivity index (χ4v) is 2.45. The van der Waals surface area contributed by atoms with Gasteiger partial charge in [-0.25, -0.2) is 4.39 Å². The number of hydrogen-bond acceptors (Lipinski definition) is 1. The van der Waals surface area contributed by atoms with Gasteiger partial charge in [0.15, 0.2) is 0 Å². The lowest BCUT2D eigenvalue weighted by atomic mass is 10.0. The van der Waals surface area contributed by atoms with Crippen LogP contribution in [0.1, 0.15) is 31.4 Å². The lowest BCUT2D eigenvalue weighted by Gasteiger charge is -2.21. The monoisotopic (exact) mass is 311 g/mol. The molecular weight excluding hydrogens is 296 g/mol. The number of hydrogen-bond donors (Lipinski definition) is 1. The molecule has 0 aliphatic carbocycles. The molecule has 2 aromatic carbocycles. The number of anilines is 1. The van der Waals surface area contributed by atoms with Gasteiger partial charge in [0.05, 0.1) is 16.8 Å². The molecule has 1 nitrogen and oxygen atoms in total. The van der Waals surface area contributed by atoms with Crippen molar-refractivity contribution >= 4 is 28.9 Å². The van der Waals surface area contributed by atoms with Crippen LogP contribution in [0.15, 0.2) is 42.5 Å². The number of rotatable bonds is 5. The fraction of sp³-hybridized carbons (Fsp3) is 0.250. The summed E-state index contributed by atoms with van der Waals surface area (Å²) in [6, 6.07) is 12.2. The van der Waals surface area contributed by atoms with E-state index in [0.717, 1.165) is 24.1 Å². The highest BCUT2D eigenvalue weighted by Crippen LogP contribution is 2.29. The van der Waals surface area contributed by atoms with Gasteiger partial charge >= 0.3 is 0 Å². The van der Waals surface area contributed by atoms with Gasteiger partial charge in [0.1, 0.15) is 5.82 Å².